The van der Waals surface area contributed by atoms with Crippen molar-refractivity contribution in [2.45, 2.75) is 20.0 Å². The highest BCUT2D eigenvalue weighted by Gasteiger charge is 2.03. The van der Waals surface area contributed by atoms with Crippen molar-refractivity contribution in [3.05, 3.63) is 45.0 Å². The molecule has 0 bridgehead atoms. The summed E-state index contributed by atoms with van der Waals surface area (Å²) in [6.07, 6.45) is 0. The highest BCUT2D eigenvalue weighted by atomic mass is 79.9. The van der Waals surface area contributed by atoms with Gasteiger partial charge in [0.2, 0.25) is 5.89 Å². The van der Waals surface area contributed by atoms with Crippen LogP contribution in [-0.2, 0) is 13.1 Å². The first kappa shape index (κ1) is 12.5. The van der Waals surface area contributed by atoms with E-state index in [9.17, 15) is 0 Å². The van der Waals surface area contributed by atoms with Crippen LogP contribution >= 0.6 is 27.5 Å². The van der Waals surface area contributed by atoms with Gasteiger partial charge in [-0.25, -0.2) is 0 Å². The lowest BCUT2D eigenvalue weighted by molar-refractivity contribution is 0.385. The molecule has 0 saturated carbocycles. The molecule has 0 fully saturated rings. The zero-order valence-corrected chi connectivity index (χ0v) is 11.5. The fourth-order valence-electron chi connectivity index (χ4n) is 1.39. The third-order valence-electron chi connectivity index (χ3n) is 2.18. The van der Waals surface area contributed by atoms with Crippen molar-refractivity contribution < 1.29 is 4.52 Å². The number of hydrogen-bond donors (Lipinski definition) is 1. The van der Waals surface area contributed by atoms with E-state index in [1.807, 2.05) is 18.2 Å². The van der Waals surface area contributed by atoms with Gasteiger partial charge in [-0.1, -0.05) is 38.8 Å². The monoisotopic (exact) mass is 315 g/mol. The van der Waals surface area contributed by atoms with Crippen LogP contribution in [0, 0.1) is 6.92 Å². The summed E-state index contributed by atoms with van der Waals surface area (Å²) in [6, 6.07) is 5.80. The zero-order valence-electron chi connectivity index (χ0n) is 9.20. The lowest BCUT2D eigenvalue weighted by atomic mass is 10.2. The number of nitrogens with zero attached hydrogens (tertiary/aromatic N) is 2. The van der Waals surface area contributed by atoms with Crippen molar-refractivity contribution in [2.75, 3.05) is 0 Å². The molecule has 6 heteroatoms. The number of aryl methyl sites for hydroxylation is 1. The van der Waals surface area contributed by atoms with E-state index in [0.717, 1.165) is 15.1 Å². The Hall–Kier alpha value is -0.910. The molecule has 1 N–H and O–H groups in total. The first-order valence-electron chi connectivity index (χ1n) is 5.09. The van der Waals surface area contributed by atoms with Crippen LogP contribution in [0.25, 0.3) is 0 Å². The predicted molar refractivity (Wildman–Crippen MR) is 68.7 cm³/mol. The van der Waals surface area contributed by atoms with Crippen molar-refractivity contribution >= 4 is 27.5 Å². The van der Waals surface area contributed by atoms with Crippen LogP contribution < -0.4 is 5.32 Å². The molecule has 0 spiro atoms. The predicted octanol–water partition coefficient (Wildman–Crippen LogP) is 3.08. The van der Waals surface area contributed by atoms with E-state index in [1.54, 1.807) is 6.92 Å². The summed E-state index contributed by atoms with van der Waals surface area (Å²) in [5.74, 6) is 1.22. The molecule has 90 valence electrons. The average Bonchev–Trinajstić information content (AvgIpc) is 2.68. The van der Waals surface area contributed by atoms with E-state index in [2.05, 4.69) is 31.4 Å². The lowest BCUT2D eigenvalue weighted by Crippen LogP contribution is -2.14. The Morgan fingerprint density at radius 1 is 1.41 bits per heavy atom. The van der Waals surface area contributed by atoms with Gasteiger partial charge >= 0.3 is 0 Å². The van der Waals surface area contributed by atoms with Gasteiger partial charge < -0.3 is 9.84 Å². The summed E-state index contributed by atoms with van der Waals surface area (Å²) in [4.78, 5) is 4.10. The molecule has 0 saturated heterocycles. The Balaban J connectivity index is 1.90. The average molecular weight is 317 g/mol. The maximum absolute atomic E-state index is 6.10. The molecule has 0 atom stereocenters. The fourth-order valence-corrected chi connectivity index (χ4v) is 2.13. The number of aromatic nitrogens is 2. The molecule has 1 heterocycles. The Kier molecular flexibility index (Phi) is 4.15. The van der Waals surface area contributed by atoms with Crippen LogP contribution in [0.5, 0.6) is 0 Å². The maximum Gasteiger partial charge on any atom is 0.223 e. The molecule has 0 aliphatic heterocycles. The van der Waals surface area contributed by atoms with Crippen molar-refractivity contribution in [3.8, 4) is 0 Å². The second-order valence-electron chi connectivity index (χ2n) is 3.57. The van der Waals surface area contributed by atoms with Crippen LogP contribution in [-0.4, -0.2) is 10.1 Å². The summed E-state index contributed by atoms with van der Waals surface area (Å²) >= 11 is 9.46. The SMILES string of the molecule is Cc1nc(CNCc2ccc(Br)cc2Cl)no1. The molecule has 0 radical (unpaired) electrons. The van der Waals surface area contributed by atoms with Gasteiger partial charge in [0.1, 0.15) is 0 Å². The van der Waals surface area contributed by atoms with Crippen molar-refractivity contribution in [1.82, 2.24) is 15.5 Å². The quantitative estimate of drug-likeness (QED) is 0.942. The fraction of sp³-hybridized carbons (Fsp3) is 0.273. The molecule has 17 heavy (non-hydrogen) atoms. The second-order valence-corrected chi connectivity index (χ2v) is 4.89. The standard InChI is InChI=1S/C11H11BrClN3O/c1-7-15-11(16-17-7)6-14-5-8-2-3-9(12)4-10(8)13/h2-4,14H,5-6H2,1H3. The summed E-state index contributed by atoms with van der Waals surface area (Å²) in [5.41, 5.74) is 1.04. The van der Waals surface area contributed by atoms with Gasteiger partial charge in [-0.05, 0) is 17.7 Å². The minimum atomic E-state index is 0.559. The van der Waals surface area contributed by atoms with Crippen molar-refractivity contribution in [1.29, 1.82) is 0 Å². The largest absolute Gasteiger partial charge is 0.340 e. The molecule has 2 rings (SSSR count). The van der Waals surface area contributed by atoms with Gasteiger partial charge in [-0.15, -0.1) is 0 Å². The van der Waals surface area contributed by atoms with Gasteiger partial charge in [0.05, 0.1) is 6.54 Å². The van der Waals surface area contributed by atoms with Crippen LogP contribution in [0.15, 0.2) is 27.2 Å². The summed E-state index contributed by atoms with van der Waals surface area (Å²) < 4.78 is 5.85. The molecule has 1 aromatic carbocycles. The smallest absolute Gasteiger partial charge is 0.223 e. The molecule has 0 unspecified atom stereocenters. The van der Waals surface area contributed by atoms with E-state index in [0.29, 0.717) is 24.8 Å². The van der Waals surface area contributed by atoms with Crippen molar-refractivity contribution in [2.24, 2.45) is 0 Å². The summed E-state index contributed by atoms with van der Waals surface area (Å²) in [7, 11) is 0. The van der Waals surface area contributed by atoms with Crippen LogP contribution in [0.2, 0.25) is 5.02 Å². The minimum absolute atomic E-state index is 0.559. The Labute approximate surface area is 112 Å². The van der Waals surface area contributed by atoms with Gasteiger partial charge in [-0.2, -0.15) is 4.98 Å². The normalized spacial score (nSPS) is 10.8. The van der Waals surface area contributed by atoms with E-state index < -0.39 is 0 Å². The van der Waals surface area contributed by atoms with E-state index in [4.69, 9.17) is 16.1 Å². The van der Waals surface area contributed by atoms with Gasteiger partial charge in [0, 0.05) is 23.0 Å². The van der Waals surface area contributed by atoms with E-state index in [1.165, 1.54) is 0 Å². The van der Waals surface area contributed by atoms with Crippen LogP contribution in [0.4, 0.5) is 0 Å². The van der Waals surface area contributed by atoms with Gasteiger partial charge in [0.25, 0.3) is 0 Å². The number of nitrogens with one attached hydrogen (secondary N) is 1. The topological polar surface area (TPSA) is 51.0 Å². The second kappa shape index (κ2) is 5.62. The number of halogens is 2. The summed E-state index contributed by atoms with van der Waals surface area (Å²) in [6.45, 7) is 2.99. The molecular weight excluding hydrogens is 305 g/mol. The molecule has 4 nitrogen and oxygen atoms in total. The first-order valence-corrected chi connectivity index (χ1v) is 6.26. The molecule has 0 aliphatic rings. The number of rotatable bonds is 4. The molecule has 0 aliphatic carbocycles. The molecule has 0 amide bonds. The molecule has 1 aromatic heterocycles. The number of benzene rings is 1. The Bertz CT molecular complexity index is 515. The van der Waals surface area contributed by atoms with Gasteiger partial charge in [-0.3, -0.25) is 0 Å². The van der Waals surface area contributed by atoms with E-state index >= 15 is 0 Å². The molecular formula is C11H11BrClN3O. The first-order chi connectivity index (χ1) is 8.15. The van der Waals surface area contributed by atoms with E-state index in [-0.39, 0.29) is 0 Å². The Morgan fingerprint density at radius 3 is 2.88 bits per heavy atom. The maximum atomic E-state index is 6.10. The lowest BCUT2D eigenvalue weighted by Gasteiger charge is -2.05. The molecule has 2 aromatic rings. The number of hydrogen-bond acceptors (Lipinski definition) is 4. The van der Waals surface area contributed by atoms with Crippen LogP contribution in [0.1, 0.15) is 17.3 Å². The Morgan fingerprint density at radius 2 is 2.24 bits per heavy atom. The third kappa shape index (κ3) is 3.52. The highest BCUT2D eigenvalue weighted by molar-refractivity contribution is 9.10. The highest BCUT2D eigenvalue weighted by Crippen LogP contribution is 2.21. The van der Waals surface area contributed by atoms with Crippen LogP contribution in [0.3, 0.4) is 0 Å². The van der Waals surface area contributed by atoms with Gasteiger partial charge in [0.15, 0.2) is 5.82 Å². The van der Waals surface area contributed by atoms with Crippen molar-refractivity contribution in [3.63, 3.8) is 0 Å². The minimum Gasteiger partial charge on any atom is -0.340 e. The zero-order chi connectivity index (χ0) is 12.3. The summed E-state index contributed by atoms with van der Waals surface area (Å²) in [5, 5.41) is 7.73. The third-order valence-corrected chi connectivity index (χ3v) is 3.03.